The molecule has 0 bridgehead atoms. The Morgan fingerprint density at radius 2 is 1.68 bits per heavy atom. The molecule has 0 aliphatic carbocycles. The first-order valence-corrected chi connectivity index (χ1v) is 11.3. The maximum absolute atomic E-state index is 12.6. The van der Waals surface area contributed by atoms with E-state index in [4.69, 9.17) is 5.73 Å². The zero-order valence-corrected chi connectivity index (χ0v) is 16.5. The summed E-state index contributed by atoms with van der Waals surface area (Å²) in [5.74, 6) is -0.258. The minimum Gasteiger partial charge on any atom is -0.397 e. The second-order valence-electron chi connectivity index (χ2n) is 6.84. The Kier molecular flexibility index (Phi) is 5.98. The van der Waals surface area contributed by atoms with Crippen molar-refractivity contribution in [3.05, 3.63) is 83.9 Å². The third-order valence-corrected chi connectivity index (χ3v) is 5.49. The molecule has 3 rings (SSSR count). The fourth-order valence-electron chi connectivity index (χ4n) is 2.83. The highest BCUT2D eigenvalue weighted by atomic mass is 31.2. The van der Waals surface area contributed by atoms with Gasteiger partial charge in [0.05, 0.1) is 11.4 Å². The van der Waals surface area contributed by atoms with Crippen LogP contribution in [-0.2, 0) is 11.0 Å². The highest BCUT2D eigenvalue weighted by molar-refractivity contribution is 7.57. The molecule has 0 aliphatic heterocycles. The van der Waals surface area contributed by atoms with Gasteiger partial charge >= 0.3 is 0 Å². The summed E-state index contributed by atoms with van der Waals surface area (Å²) < 4.78 is 11.4. The minimum atomic E-state index is -3.04. The molecule has 0 spiro atoms. The van der Waals surface area contributed by atoms with Gasteiger partial charge in [0, 0.05) is 18.4 Å². The number of nitrogen functional groups attached to an aromatic ring is 1. The fourth-order valence-corrected chi connectivity index (χ4v) is 3.50. The molecule has 0 saturated carbocycles. The quantitative estimate of drug-likeness (QED) is 0.420. The lowest BCUT2D eigenvalue weighted by Gasteiger charge is -2.11. The van der Waals surface area contributed by atoms with E-state index in [2.05, 4.69) is 5.32 Å². The number of carbonyl (C=O) groups excluding carboxylic acids is 1. The number of rotatable bonds is 6. The number of nitrogens with two attached hydrogens (primary N) is 1. The van der Waals surface area contributed by atoms with Crippen molar-refractivity contribution in [3.8, 4) is 11.1 Å². The van der Waals surface area contributed by atoms with Crippen molar-refractivity contribution >= 4 is 24.7 Å². The summed E-state index contributed by atoms with van der Waals surface area (Å²) in [7, 11) is -3.04. The summed E-state index contributed by atoms with van der Waals surface area (Å²) in [5, 5.41) is 2.86. The van der Waals surface area contributed by atoms with Crippen LogP contribution in [0.25, 0.3) is 11.1 Å². The van der Waals surface area contributed by atoms with E-state index < -0.39 is 7.37 Å². The lowest BCUT2D eigenvalue weighted by molar-refractivity contribution is 0.102. The van der Waals surface area contributed by atoms with Crippen molar-refractivity contribution in [3.63, 3.8) is 0 Å². The van der Waals surface area contributed by atoms with Gasteiger partial charge in [-0.3, -0.25) is 9.36 Å². The van der Waals surface area contributed by atoms with E-state index in [0.29, 0.717) is 23.4 Å². The van der Waals surface area contributed by atoms with Crippen molar-refractivity contribution in [2.75, 3.05) is 23.9 Å². The number of anilines is 2. The van der Waals surface area contributed by atoms with E-state index in [9.17, 15) is 14.3 Å². The van der Waals surface area contributed by atoms with Gasteiger partial charge in [-0.05, 0) is 47.4 Å². The van der Waals surface area contributed by atoms with Crippen LogP contribution in [0.1, 0.15) is 15.9 Å². The van der Waals surface area contributed by atoms with Gasteiger partial charge in [-0.1, -0.05) is 48.5 Å². The summed E-state index contributed by atoms with van der Waals surface area (Å²) in [6.07, 6.45) is 0.722. The molecule has 1 amide bonds. The molecular formula is C22H23N2O3P. The Balaban J connectivity index is 1.73. The molecule has 3 aromatic carbocycles. The van der Waals surface area contributed by atoms with Gasteiger partial charge in [0.1, 0.15) is 0 Å². The monoisotopic (exact) mass is 394 g/mol. The molecule has 28 heavy (non-hydrogen) atoms. The Labute approximate surface area is 164 Å². The van der Waals surface area contributed by atoms with Crippen LogP contribution in [0.2, 0.25) is 0 Å². The molecule has 0 aliphatic rings. The average Bonchev–Trinajstić information content (AvgIpc) is 2.68. The van der Waals surface area contributed by atoms with Crippen LogP contribution >= 0.6 is 7.37 Å². The number of aryl methyl sites for hydroxylation is 1. The SMILES string of the molecule is CP(=O)(O)CCc1ccc(C(=O)Nc2cc(-c3ccccc3)ccc2N)cc1. The standard InChI is InChI=1S/C22H23N2O3P/c1-28(26,27)14-13-16-7-9-18(10-8-16)22(25)24-21-15-19(11-12-20(21)23)17-5-3-2-4-6-17/h2-12,15H,13-14,23H2,1H3,(H,24,25)(H,26,27). The van der Waals surface area contributed by atoms with Gasteiger partial charge in [-0.2, -0.15) is 0 Å². The highest BCUT2D eigenvalue weighted by Crippen LogP contribution is 2.35. The summed E-state index contributed by atoms with van der Waals surface area (Å²) in [5.41, 5.74) is 10.5. The van der Waals surface area contributed by atoms with Gasteiger partial charge < -0.3 is 15.9 Å². The van der Waals surface area contributed by atoms with Crippen molar-refractivity contribution in [2.24, 2.45) is 0 Å². The molecule has 3 aromatic rings. The molecule has 0 fully saturated rings. The molecule has 0 aromatic heterocycles. The number of nitrogens with one attached hydrogen (secondary N) is 1. The van der Waals surface area contributed by atoms with E-state index in [1.54, 1.807) is 30.3 Å². The molecule has 144 valence electrons. The predicted molar refractivity (Wildman–Crippen MR) is 115 cm³/mol. The number of amides is 1. The van der Waals surface area contributed by atoms with Crippen molar-refractivity contribution in [2.45, 2.75) is 6.42 Å². The molecule has 1 atom stereocenters. The number of carbonyl (C=O) groups is 1. The zero-order valence-electron chi connectivity index (χ0n) is 15.6. The van der Waals surface area contributed by atoms with Gasteiger partial charge in [-0.15, -0.1) is 0 Å². The van der Waals surface area contributed by atoms with Crippen LogP contribution in [-0.4, -0.2) is 23.6 Å². The van der Waals surface area contributed by atoms with Crippen LogP contribution in [0.4, 0.5) is 11.4 Å². The summed E-state index contributed by atoms with van der Waals surface area (Å²) in [6.45, 7) is 1.35. The highest BCUT2D eigenvalue weighted by Gasteiger charge is 2.12. The number of benzene rings is 3. The molecule has 1 unspecified atom stereocenters. The predicted octanol–water partition coefficient (Wildman–Crippen LogP) is 4.63. The van der Waals surface area contributed by atoms with Crippen molar-refractivity contribution < 1.29 is 14.3 Å². The van der Waals surface area contributed by atoms with Crippen LogP contribution in [0.15, 0.2) is 72.8 Å². The summed E-state index contributed by atoms with van der Waals surface area (Å²) in [6, 6.07) is 22.4. The molecule has 0 radical (unpaired) electrons. The van der Waals surface area contributed by atoms with E-state index in [1.807, 2.05) is 42.5 Å². The zero-order chi connectivity index (χ0) is 20.1. The molecule has 4 N–H and O–H groups in total. The fraction of sp³-hybridized carbons (Fsp3) is 0.136. The Bertz CT molecular complexity index is 1010. The second-order valence-corrected chi connectivity index (χ2v) is 9.39. The van der Waals surface area contributed by atoms with Gasteiger partial charge in [0.2, 0.25) is 0 Å². The van der Waals surface area contributed by atoms with Gasteiger partial charge in [-0.25, -0.2) is 0 Å². The van der Waals surface area contributed by atoms with Gasteiger partial charge in [0.25, 0.3) is 5.91 Å². The van der Waals surface area contributed by atoms with E-state index in [-0.39, 0.29) is 12.1 Å². The second kappa shape index (κ2) is 8.42. The van der Waals surface area contributed by atoms with E-state index >= 15 is 0 Å². The lowest BCUT2D eigenvalue weighted by Crippen LogP contribution is -2.13. The smallest absolute Gasteiger partial charge is 0.255 e. The number of hydrogen-bond donors (Lipinski definition) is 3. The number of hydrogen-bond acceptors (Lipinski definition) is 3. The van der Waals surface area contributed by atoms with E-state index in [1.165, 1.54) is 6.66 Å². The normalized spacial score (nSPS) is 12.9. The van der Waals surface area contributed by atoms with Crippen LogP contribution < -0.4 is 11.1 Å². The molecule has 5 nitrogen and oxygen atoms in total. The Morgan fingerprint density at radius 1 is 1.00 bits per heavy atom. The van der Waals surface area contributed by atoms with Crippen LogP contribution in [0.5, 0.6) is 0 Å². The maximum atomic E-state index is 12.6. The van der Waals surface area contributed by atoms with Crippen molar-refractivity contribution in [1.29, 1.82) is 0 Å². The van der Waals surface area contributed by atoms with Crippen LogP contribution in [0, 0.1) is 0 Å². The Morgan fingerprint density at radius 3 is 2.32 bits per heavy atom. The van der Waals surface area contributed by atoms with Crippen LogP contribution in [0.3, 0.4) is 0 Å². The summed E-state index contributed by atoms with van der Waals surface area (Å²) in [4.78, 5) is 22.0. The minimum absolute atomic E-state index is 0.224. The topological polar surface area (TPSA) is 92.4 Å². The maximum Gasteiger partial charge on any atom is 0.255 e. The van der Waals surface area contributed by atoms with Crippen molar-refractivity contribution in [1.82, 2.24) is 0 Å². The van der Waals surface area contributed by atoms with E-state index in [0.717, 1.165) is 16.7 Å². The average molecular weight is 394 g/mol. The molecule has 0 heterocycles. The molecular weight excluding hydrogens is 371 g/mol. The third kappa shape index (κ3) is 5.32. The van der Waals surface area contributed by atoms with Gasteiger partial charge in [0.15, 0.2) is 7.37 Å². The summed E-state index contributed by atoms with van der Waals surface area (Å²) >= 11 is 0. The first-order valence-electron chi connectivity index (χ1n) is 8.96. The largest absolute Gasteiger partial charge is 0.397 e. The lowest BCUT2D eigenvalue weighted by atomic mass is 10.0. The first-order chi connectivity index (χ1) is 13.3. The molecule has 6 heteroatoms. The third-order valence-electron chi connectivity index (χ3n) is 4.44. The first kappa shape index (κ1) is 19.9. The Hall–Kier alpha value is -2.88. The molecule has 0 saturated heterocycles.